The van der Waals surface area contributed by atoms with Crippen molar-refractivity contribution in [2.24, 2.45) is 5.41 Å². The van der Waals surface area contributed by atoms with Crippen molar-refractivity contribution >= 4 is 5.97 Å². The smallest absolute Gasteiger partial charge is 0.310 e. The molecule has 0 unspecified atom stereocenters. The number of rotatable bonds is 11. The van der Waals surface area contributed by atoms with Gasteiger partial charge < -0.3 is 14.6 Å². The van der Waals surface area contributed by atoms with Gasteiger partial charge in [-0.3, -0.25) is 9.69 Å². The summed E-state index contributed by atoms with van der Waals surface area (Å²) in [6, 6.07) is 0. The minimum Gasteiger partial charge on any atom is -0.481 e. The molecule has 0 atom stereocenters. The lowest BCUT2D eigenvalue weighted by atomic mass is 9.73. The highest BCUT2D eigenvalue weighted by atomic mass is 16.5. The summed E-state index contributed by atoms with van der Waals surface area (Å²) in [6.07, 6.45) is 4.80. The summed E-state index contributed by atoms with van der Waals surface area (Å²) in [6.45, 7) is 8.81. The van der Waals surface area contributed by atoms with Crippen molar-refractivity contribution in [3.8, 4) is 0 Å². The maximum absolute atomic E-state index is 11.8. The fraction of sp³-hybridized carbons (Fsp3) is 0.938. The van der Waals surface area contributed by atoms with E-state index in [0.29, 0.717) is 33.0 Å². The molecule has 0 spiro atoms. The van der Waals surface area contributed by atoms with Crippen LogP contribution in [0, 0.1) is 5.41 Å². The second-order valence-electron chi connectivity index (χ2n) is 5.82. The van der Waals surface area contributed by atoms with Gasteiger partial charge in [0.15, 0.2) is 0 Å². The molecule has 1 aliphatic carbocycles. The van der Waals surface area contributed by atoms with Gasteiger partial charge in [0.25, 0.3) is 0 Å². The van der Waals surface area contributed by atoms with Crippen LogP contribution in [0.5, 0.6) is 0 Å². The van der Waals surface area contributed by atoms with Gasteiger partial charge in [0.1, 0.15) is 0 Å². The van der Waals surface area contributed by atoms with E-state index in [-0.39, 0.29) is 0 Å². The number of aliphatic carboxylic acids is 1. The Morgan fingerprint density at radius 3 is 2.00 bits per heavy atom. The maximum Gasteiger partial charge on any atom is 0.310 e. The van der Waals surface area contributed by atoms with E-state index in [1.54, 1.807) is 0 Å². The van der Waals surface area contributed by atoms with Crippen LogP contribution in [0.15, 0.2) is 0 Å². The molecule has 21 heavy (non-hydrogen) atoms. The molecule has 0 aliphatic heterocycles. The second-order valence-corrected chi connectivity index (χ2v) is 5.82. The molecule has 0 heterocycles. The van der Waals surface area contributed by atoms with E-state index in [1.165, 1.54) is 0 Å². The topological polar surface area (TPSA) is 59.0 Å². The quantitative estimate of drug-likeness (QED) is 0.594. The van der Waals surface area contributed by atoms with Gasteiger partial charge in [-0.05, 0) is 26.7 Å². The lowest BCUT2D eigenvalue weighted by Gasteiger charge is -2.37. The highest BCUT2D eigenvalue weighted by Crippen LogP contribution is 2.37. The molecular formula is C16H31NO4. The van der Waals surface area contributed by atoms with Gasteiger partial charge in [0.05, 0.1) is 18.6 Å². The molecule has 1 aliphatic rings. The Morgan fingerprint density at radius 2 is 1.57 bits per heavy atom. The van der Waals surface area contributed by atoms with Gasteiger partial charge in [-0.2, -0.15) is 0 Å². The number of carboxylic acids is 1. The van der Waals surface area contributed by atoms with E-state index < -0.39 is 11.4 Å². The molecule has 0 aromatic carbocycles. The van der Waals surface area contributed by atoms with Gasteiger partial charge in [-0.15, -0.1) is 0 Å². The molecule has 1 N–H and O–H groups in total. The molecule has 0 amide bonds. The van der Waals surface area contributed by atoms with E-state index in [4.69, 9.17) is 9.47 Å². The van der Waals surface area contributed by atoms with Crippen LogP contribution in [0.1, 0.15) is 46.0 Å². The fourth-order valence-electron chi connectivity index (χ4n) is 3.04. The normalized spacial score (nSPS) is 18.0. The molecule has 1 fully saturated rings. The molecule has 124 valence electrons. The molecular weight excluding hydrogens is 270 g/mol. The van der Waals surface area contributed by atoms with E-state index in [9.17, 15) is 9.90 Å². The lowest BCUT2D eigenvalue weighted by Crippen LogP contribution is -2.46. The van der Waals surface area contributed by atoms with E-state index in [2.05, 4.69) is 4.90 Å². The molecule has 1 saturated carbocycles. The monoisotopic (exact) mass is 301 g/mol. The fourth-order valence-corrected chi connectivity index (χ4v) is 3.04. The Kier molecular flexibility index (Phi) is 8.88. The first-order valence-electron chi connectivity index (χ1n) is 8.26. The highest BCUT2D eigenvalue weighted by Gasteiger charge is 2.40. The summed E-state index contributed by atoms with van der Waals surface area (Å²) < 4.78 is 10.8. The number of ether oxygens (including phenoxy) is 2. The van der Waals surface area contributed by atoms with Crippen LogP contribution in [-0.2, 0) is 14.3 Å². The minimum atomic E-state index is -0.639. The van der Waals surface area contributed by atoms with Gasteiger partial charge in [-0.25, -0.2) is 0 Å². The van der Waals surface area contributed by atoms with E-state index in [0.717, 1.165) is 45.2 Å². The zero-order valence-corrected chi connectivity index (χ0v) is 13.6. The van der Waals surface area contributed by atoms with Crippen molar-refractivity contribution in [1.82, 2.24) is 4.90 Å². The number of hydrogen-bond acceptors (Lipinski definition) is 4. The zero-order valence-electron chi connectivity index (χ0n) is 13.6. The molecule has 0 aromatic heterocycles. The molecule has 0 saturated heterocycles. The van der Waals surface area contributed by atoms with Gasteiger partial charge in [-0.1, -0.05) is 19.3 Å². The number of carboxylic acid groups (broad SMARTS) is 1. The van der Waals surface area contributed by atoms with Crippen LogP contribution in [-0.4, -0.2) is 62.0 Å². The molecule has 1 rings (SSSR count). The summed E-state index contributed by atoms with van der Waals surface area (Å²) >= 11 is 0. The Bertz CT molecular complexity index is 280. The Balaban J connectivity index is 2.59. The molecule has 5 nitrogen and oxygen atoms in total. The van der Waals surface area contributed by atoms with Crippen LogP contribution in [0.3, 0.4) is 0 Å². The van der Waals surface area contributed by atoms with Crippen molar-refractivity contribution in [1.29, 1.82) is 0 Å². The van der Waals surface area contributed by atoms with Crippen LogP contribution >= 0.6 is 0 Å². The first-order chi connectivity index (χ1) is 10.1. The first-order valence-corrected chi connectivity index (χ1v) is 8.26. The summed E-state index contributed by atoms with van der Waals surface area (Å²) in [7, 11) is 0. The predicted molar refractivity (Wildman–Crippen MR) is 82.6 cm³/mol. The van der Waals surface area contributed by atoms with E-state index >= 15 is 0 Å². The van der Waals surface area contributed by atoms with Crippen molar-refractivity contribution in [2.75, 3.05) is 46.1 Å². The average Bonchev–Trinajstić information content (AvgIpc) is 2.48. The Morgan fingerprint density at radius 1 is 1.05 bits per heavy atom. The SMILES string of the molecule is CCOCCN(CCOCC)CC1(C(=O)O)CCCCC1. The maximum atomic E-state index is 11.8. The Hall–Kier alpha value is -0.650. The third-order valence-electron chi connectivity index (χ3n) is 4.30. The largest absolute Gasteiger partial charge is 0.481 e. The summed E-state index contributed by atoms with van der Waals surface area (Å²) in [4.78, 5) is 14.0. The second kappa shape index (κ2) is 10.1. The summed E-state index contributed by atoms with van der Waals surface area (Å²) in [5, 5.41) is 9.69. The third kappa shape index (κ3) is 6.32. The predicted octanol–water partition coefficient (Wildman–Crippen LogP) is 2.40. The zero-order chi connectivity index (χ0) is 15.6. The van der Waals surface area contributed by atoms with Crippen LogP contribution in [0.2, 0.25) is 0 Å². The minimum absolute atomic E-state index is 0.573. The van der Waals surface area contributed by atoms with Crippen molar-refractivity contribution in [2.45, 2.75) is 46.0 Å². The summed E-state index contributed by atoms with van der Waals surface area (Å²) in [5.74, 6) is -0.639. The van der Waals surface area contributed by atoms with Crippen molar-refractivity contribution < 1.29 is 19.4 Å². The summed E-state index contributed by atoms with van der Waals surface area (Å²) in [5.41, 5.74) is -0.573. The first kappa shape index (κ1) is 18.4. The number of nitrogens with zero attached hydrogens (tertiary/aromatic N) is 1. The number of hydrogen-bond donors (Lipinski definition) is 1. The number of carbonyl (C=O) groups is 1. The van der Waals surface area contributed by atoms with Crippen LogP contribution in [0.25, 0.3) is 0 Å². The van der Waals surface area contributed by atoms with Gasteiger partial charge >= 0.3 is 5.97 Å². The standard InChI is InChI=1S/C16H31NO4/c1-3-20-12-10-17(11-13-21-4-2)14-16(15(18)19)8-6-5-7-9-16/h3-14H2,1-2H3,(H,18,19). The van der Waals surface area contributed by atoms with Gasteiger partial charge in [0.2, 0.25) is 0 Å². The third-order valence-corrected chi connectivity index (χ3v) is 4.30. The molecule has 0 radical (unpaired) electrons. The highest BCUT2D eigenvalue weighted by molar-refractivity contribution is 5.75. The van der Waals surface area contributed by atoms with Crippen LogP contribution < -0.4 is 0 Å². The Labute approximate surface area is 128 Å². The molecule has 0 bridgehead atoms. The lowest BCUT2D eigenvalue weighted by molar-refractivity contribution is -0.152. The van der Waals surface area contributed by atoms with Gasteiger partial charge in [0, 0.05) is 32.8 Å². The molecule has 0 aromatic rings. The van der Waals surface area contributed by atoms with Crippen molar-refractivity contribution in [3.63, 3.8) is 0 Å². The average molecular weight is 301 g/mol. The van der Waals surface area contributed by atoms with Crippen molar-refractivity contribution in [3.05, 3.63) is 0 Å². The van der Waals surface area contributed by atoms with E-state index in [1.807, 2.05) is 13.8 Å². The van der Waals surface area contributed by atoms with Crippen LogP contribution in [0.4, 0.5) is 0 Å². The molecule has 5 heteroatoms.